The minimum Gasteiger partial charge on any atom is -0.508 e. The van der Waals surface area contributed by atoms with E-state index in [2.05, 4.69) is 0 Å². The number of carbonyl (C=O) groups excluding carboxylic acids is 1. The van der Waals surface area contributed by atoms with Crippen LogP contribution < -0.4 is 0 Å². The number of rotatable bonds is 1. The van der Waals surface area contributed by atoms with Crippen molar-refractivity contribution in [2.45, 2.75) is 0 Å². The van der Waals surface area contributed by atoms with Crippen LogP contribution in [-0.2, 0) is 4.79 Å². The molecule has 1 aliphatic rings. The Labute approximate surface area is 104 Å². The Hall–Kier alpha value is -0.400. The first-order valence-electron chi connectivity index (χ1n) is 4.56. The van der Waals surface area contributed by atoms with Crippen molar-refractivity contribution in [2.24, 2.45) is 0 Å². The quantitative estimate of drug-likeness (QED) is 0.807. The maximum atomic E-state index is 11.2. The third-order valence-corrected chi connectivity index (χ3v) is 8.03. The van der Waals surface area contributed by atoms with Gasteiger partial charge in [0.25, 0.3) is 0 Å². The van der Waals surface area contributed by atoms with E-state index >= 15 is 0 Å². The summed E-state index contributed by atoms with van der Waals surface area (Å²) in [6.45, 7) is 0. The summed E-state index contributed by atoms with van der Waals surface area (Å²) in [5.41, 5.74) is 0.294. The van der Waals surface area contributed by atoms with E-state index in [0.717, 1.165) is 12.9 Å². The number of thioether (sulfide) groups is 1. The fourth-order valence-corrected chi connectivity index (χ4v) is 6.88. The molecule has 0 fully saturated rings. The minimum absolute atomic E-state index is 0.294. The Morgan fingerprint density at radius 1 is 1.38 bits per heavy atom. The van der Waals surface area contributed by atoms with Crippen LogP contribution in [0.1, 0.15) is 4.61 Å². The van der Waals surface area contributed by atoms with Gasteiger partial charge in [-0.15, -0.1) is 23.1 Å². The third-order valence-electron chi connectivity index (χ3n) is 2.11. The predicted molar refractivity (Wildman–Crippen MR) is 74.5 cm³/mol. The van der Waals surface area contributed by atoms with Gasteiger partial charge in [0.05, 0.1) is 15.0 Å². The van der Waals surface area contributed by atoms with Crippen molar-refractivity contribution >= 4 is 59.5 Å². The fourth-order valence-electron chi connectivity index (χ4n) is 1.42. The van der Waals surface area contributed by atoms with Gasteiger partial charge in [0.1, 0.15) is 5.75 Å². The molecule has 0 radical (unpaired) electrons. The summed E-state index contributed by atoms with van der Waals surface area (Å²) in [4.78, 5) is 11.2. The van der Waals surface area contributed by atoms with Crippen LogP contribution in [0.4, 0.5) is 0 Å². The van der Waals surface area contributed by atoms with Crippen LogP contribution in [0.25, 0.3) is 9.82 Å². The van der Waals surface area contributed by atoms with E-state index in [1.165, 1.54) is 22.5 Å². The molecule has 0 aliphatic carbocycles. The molecular formula is C10H6O2P2S2. The van der Waals surface area contributed by atoms with E-state index in [4.69, 9.17) is 0 Å². The zero-order valence-electron chi connectivity index (χ0n) is 8.01. The molecule has 2 nitrogen and oxygen atoms in total. The lowest BCUT2D eigenvalue weighted by Crippen LogP contribution is -1.82. The van der Waals surface area contributed by atoms with E-state index in [1.807, 2.05) is 6.07 Å². The largest absolute Gasteiger partial charge is 0.508 e. The average molecular weight is 284 g/mol. The van der Waals surface area contributed by atoms with Crippen LogP contribution in [0, 0.1) is 0 Å². The lowest BCUT2D eigenvalue weighted by Gasteiger charge is -1.90. The van der Waals surface area contributed by atoms with E-state index in [-0.39, 0.29) is 0 Å². The number of benzene rings is 1. The van der Waals surface area contributed by atoms with Gasteiger partial charge in [-0.1, -0.05) is 0 Å². The zero-order chi connectivity index (χ0) is 11.1. The summed E-state index contributed by atoms with van der Waals surface area (Å²) in [7, 11) is 2.02. The molecule has 1 aromatic heterocycles. The monoisotopic (exact) mass is 284 g/mol. The number of aromatic hydroxyl groups is 1. The topological polar surface area (TPSA) is 37.3 Å². The van der Waals surface area contributed by atoms with Gasteiger partial charge in [-0.05, 0) is 34.6 Å². The molecule has 0 unspecified atom stereocenters. The van der Waals surface area contributed by atoms with Gasteiger partial charge in [0, 0.05) is 9.82 Å². The summed E-state index contributed by atoms with van der Waals surface area (Å²) in [5, 5.41) is 10.6. The number of fused-ring (bicyclic) bond motifs is 1. The van der Waals surface area contributed by atoms with Gasteiger partial charge in [-0.25, -0.2) is 0 Å². The van der Waals surface area contributed by atoms with Crippen molar-refractivity contribution in [2.75, 3.05) is 5.75 Å². The first-order chi connectivity index (χ1) is 7.72. The number of carbonyl (C=O) groups is 1. The van der Waals surface area contributed by atoms with Gasteiger partial charge in [-0.3, -0.25) is 4.79 Å². The van der Waals surface area contributed by atoms with Crippen molar-refractivity contribution in [1.29, 1.82) is 0 Å². The third kappa shape index (κ3) is 1.91. The van der Waals surface area contributed by atoms with Crippen molar-refractivity contribution < 1.29 is 9.90 Å². The van der Waals surface area contributed by atoms with E-state index in [9.17, 15) is 9.90 Å². The molecule has 2 aromatic rings. The Morgan fingerprint density at radius 2 is 2.25 bits per heavy atom. The summed E-state index contributed by atoms with van der Waals surface area (Å²) >= 11 is 3.33. The van der Waals surface area contributed by atoms with Gasteiger partial charge >= 0.3 is 0 Å². The van der Waals surface area contributed by atoms with Crippen molar-refractivity contribution in [3.05, 3.63) is 22.8 Å². The van der Waals surface area contributed by atoms with Crippen molar-refractivity contribution in [1.82, 2.24) is 0 Å². The Balaban J connectivity index is 2.12. The number of phenolic OH excluding ortho intramolecular Hbond substituents is 1. The predicted octanol–water partition coefficient (Wildman–Crippen LogP) is 3.88. The number of hydrogen-bond donors (Lipinski definition) is 1. The second-order valence-corrected chi connectivity index (χ2v) is 8.24. The molecular weight excluding hydrogens is 278 g/mol. The summed E-state index contributed by atoms with van der Waals surface area (Å²) in [6.07, 6.45) is 0. The zero-order valence-corrected chi connectivity index (χ0v) is 11.4. The smallest absolute Gasteiger partial charge is 0.192 e. The molecule has 3 rings (SSSR count). The molecule has 1 N–H and O–H groups in total. The second-order valence-electron chi connectivity index (χ2n) is 3.27. The molecule has 0 saturated heterocycles. The van der Waals surface area contributed by atoms with Gasteiger partial charge < -0.3 is 5.11 Å². The lowest BCUT2D eigenvalue weighted by atomic mass is 10.3. The highest BCUT2D eigenvalue weighted by Gasteiger charge is 2.17. The molecule has 0 saturated carbocycles. The summed E-state index contributed by atoms with van der Waals surface area (Å²) < 4.78 is 3.55. The maximum absolute atomic E-state index is 11.2. The van der Waals surface area contributed by atoms with Crippen LogP contribution in [0.5, 0.6) is 5.75 Å². The Kier molecular flexibility index (Phi) is 2.76. The van der Waals surface area contributed by atoms with E-state index in [1.54, 1.807) is 35.2 Å². The molecule has 0 bridgehead atoms. The van der Waals surface area contributed by atoms with Crippen molar-refractivity contribution in [3.8, 4) is 5.75 Å². The fraction of sp³-hybridized carbons (Fsp3) is 0.100. The Bertz CT molecular complexity index is 618. The summed E-state index contributed by atoms with van der Waals surface area (Å²) in [5.74, 6) is 0.915. The van der Waals surface area contributed by atoms with Crippen LogP contribution in [0.2, 0.25) is 0 Å². The highest BCUT2D eigenvalue weighted by atomic mass is 32.2. The molecule has 6 heteroatoms. The highest BCUT2D eigenvalue weighted by molar-refractivity contribution is 8.24. The van der Waals surface area contributed by atoms with Crippen molar-refractivity contribution in [3.63, 3.8) is 0 Å². The lowest BCUT2D eigenvalue weighted by molar-refractivity contribution is -0.108. The first-order valence-corrected chi connectivity index (χ1v) is 8.16. The van der Waals surface area contributed by atoms with Crippen LogP contribution in [0.15, 0.2) is 18.2 Å². The molecule has 0 spiro atoms. The first kappa shape index (κ1) is 10.7. The normalized spacial score (nSPS) is 17.2. The molecule has 1 aliphatic heterocycles. The molecule has 0 amide bonds. The molecule has 1 aromatic carbocycles. The van der Waals surface area contributed by atoms with Crippen LogP contribution in [0.3, 0.4) is 0 Å². The number of phenols is 1. The van der Waals surface area contributed by atoms with Crippen LogP contribution >= 0.6 is 39.5 Å². The maximum Gasteiger partial charge on any atom is 0.192 e. The average Bonchev–Trinajstić information content (AvgIpc) is 2.83. The summed E-state index contributed by atoms with van der Waals surface area (Å²) in [6, 6.07) is 5.45. The molecule has 2 heterocycles. The van der Waals surface area contributed by atoms with E-state index < -0.39 is 0 Å². The van der Waals surface area contributed by atoms with Gasteiger partial charge in [-0.2, -0.15) is 0 Å². The minimum atomic E-state index is 0.294. The standard InChI is InChI=1S/C10H6O2P2S2/c11-5-1-2-6-7(3-5)16-10(13-6)9-14-8(12)4-15-9/h1-3,11H,4H2. The molecule has 16 heavy (non-hydrogen) atoms. The second kappa shape index (κ2) is 4.12. The highest BCUT2D eigenvalue weighted by Crippen LogP contribution is 2.42. The van der Waals surface area contributed by atoms with E-state index in [0.29, 0.717) is 17.0 Å². The Morgan fingerprint density at radius 3 is 3.00 bits per heavy atom. The van der Waals surface area contributed by atoms with Crippen LogP contribution in [-0.4, -0.2) is 21.0 Å². The SMILES string of the molecule is O=C1CSC(c2pc3ccc(O)cc3s2)=P1. The molecule has 80 valence electrons. The molecule has 0 atom stereocenters. The van der Waals surface area contributed by atoms with Gasteiger partial charge in [0.15, 0.2) is 5.52 Å². The number of hydrogen-bond acceptors (Lipinski definition) is 4. The van der Waals surface area contributed by atoms with Gasteiger partial charge in [0.2, 0.25) is 0 Å².